The van der Waals surface area contributed by atoms with Gasteiger partial charge < -0.3 is 15.5 Å². The summed E-state index contributed by atoms with van der Waals surface area (Å²) < 4.78 is 1.70. The van der Waals surface area contributed by atoms with Crippen molar-refractivity contribution in [2.75, 3.05) is 32.5 Å². The summed E-state index contributed by atoms with van der Waals surface area (Å²) in [5, 5.41) is 10.8. The number of amides is 1. The topological polar surface area (TPSA) is 87.5 Å². The average molecular weight is 444 g/mol. The molecular weight excluding hydrogens is 414 g/mol. The SMILES string of the molecule is Cc1cc(C)cc(Nc2nc3c(-c4cccc(C(=O)NCCCN(C)C)c4)nccn3n2)c1. The third-order valence-electron chi connectivity index (χ3n) is 5.20. The number of aryl methyl sites for hydroxylation is 2. The summed E-state index contributed by atoms with van der Waals surface area (Å²) in [5.74, 6) is 0.394. The molecule has 8 heteroatoms. The molecule has 0 spiro atoms. The van der Waals surface area contributed by atoms with Crippen LogP contribution >= 0.6 is 0 Å². The maximum atomic E-state index is 12.6. The zero-order valence-corrected chi connectivity index (χ0v) is 19.5. The fraction of sp³-hybridized carbons (Fsp3) is 0.280. The molecule has 0 aliphatic rings. The summed E-state index contributed by atoms with van der Waals surface area (Å²) in [5.41, 5.74) is 5.96. The first-order valence-electron chi connectivity index (χ1n) is 11.0. The minimum atomic E-state index is -0.0961. The van der Waals surface area contributed by atoms with Gasteiger partial charge in [0, 0.05) is 35.8 Å². The summed E-state index contributed by atoms with van der Waals surface area (Å²) in [7, 11) is 4.04. The van der Waals surface area contributed by atoms with Crippen molar-refractivity contribution in [2.24, 2.45) is 0 Å². The lowest BCUT2D eigenvalue weighted by Gasteiger charge is -2.10. The summed E-state index contributed by atoms with van der Waals surface area (Å²) in [4.78, 5) is 23.9. The van der Waals surface area contributed by atoms with Crippen molar-refractivity contribution < 1.29 is 4.79 Å². The van der Waals surface area contributed by atoms with Crippen LogP contribution in [0.25, 0.3) is 16.9 Å². The molecule has 2 N–H and O–H groups in total. The largest absolute Gasteiger partial charge is 0.352 e. The molecule has 2 aromatic carbocycles. The zero-order valence-electron chi connectivity index (χ0n) is 19.5. The van der Waals surface area contributed by atoms with Gasteiger partial charge in [0.05, 0.1) is 0 Å². The van der Waals surface area contributed by atoms with E-state index in [9.17, 15) is 4.79 Å². The van der Waals surface area contributed by atoms with Gasteiger partial charge in [-0.05, 0) is 76.3 Å². The Morgan fingerprint density at radius 1 is 1.09 bits per heavy atom. The number of aromatic nitrogens is 4. The maximum Gasteiger partial charge on any atom is 0.251 e. The molecule has 33 heavy (non-hydrogen) atoms. The van der Waals surface area contributed by atoms with Crippen LogP contribution in [-0.2, 0) is 0 Å². The highest BCUT2D eigenvalue weighted by molar-refractivity contribution is 5.95. The summed E-state index contributed by atoms with van der Waals surface area (Å²) in [6.07, 6.45) is 4.35. The molecule has 2 aromatic heterocycles. The monoisotopic (exact) mass is 443 g/mol. The Morgan fingerprint density at radius 2 is 1.88 bits per heavy atom. The normalized spacial score (nSPS) is 11.2. The van der Waals surface area contributed by atoms with Crippen molar-refractivity contribution in [2.45, 2.75) is 20.3 Å². The molecule has 0 atom stereocenters. The summed E-state index contributed by atoms with van der Waals surface area (Å²) >= 11 is 0. The lowest BCUT2D eigenvalue weighted by Crippen LogP contribution is -2.27. The highest BCUT2D eigenvalue weighted by atomic mass is 16.1. The fourth-order valence-corrected chi connectivity index (χ4v) is 3.76. The van der Waals surface area contributed by atoms with Crippen LogP contribution in [0.15, 0.2) is 54.9 Å². The molecule has 0 unspecified atom stereocenters. The molecule has 4 rings (SSSR count). The Bertz CT molecular complexity index is 1260. The molecular formula is C25H29N7O. The van der Waals surface area contributed by atoms with Crippen molar-refractivity contribution in [1.82, 2.24) is 29.8 Å². The molecule has 1 amide bonds. The number of fused-ring (bicyclic) bond motifs is 1. The van der Waals surface area contributed by atoms with E-state index in [-0.39, 0.29) is 5.91 Å². The van der Waals surface area contributed by atoms with E-state index in [2.05, 4.69) is 62.6 Å². The van der Waals surface area contributed by atoms with Crippen molar-refractivity contribution in [3.05, 3.63) is 71.5 Å². The minimum absolute atomic E-state index is 0.0961. The first-order valence-corrected chi connectivity index (χ1v) is 11.0. The van der Waals surface area contributed by atoms with Crippen LogP contribution in [0.4, 0.5) is 11.6 Å². The number of hydrogen-bond donors (Lipinski definition) is 2. The third kappa shape index (κ3) is 5.53. The summed E-state index contributed by atoms with van der Waals surface area (Å²) in [6, 6.07) is 13.7. The molecule has 0 aliphatic carbocycles. The van der Waals surface area contributed by atoms with Gasteiger partial charge in [-0.1, -0.05) is 18.2 Å². The van der Waals surface area contributed by atoms with Gasteiger partial charge in [0.1, 0.15) is 5.69 Å². The Balaban J connectivity index is 1.57. The van der Waals surface area contributed by atoms with Gasteiger partial charge >= 0.3 is 0 Å². The minimum Gasteiger partial charge on any atom is -0.352 e. The van der Waals surface area contributed by atoms with Gasteiger partial charge in [-0.3, -0.25) is 9.78 Å². The van der Waals surface area contributed by atoms with E-state index in [1.807, 2.05) is 38.4 Å². The smallest absolute Gasteiger partial charge is 0.251 e. The highest BCUT2D eigenvalue weighted by Crippen LogP contribution is 2.24. The van der Waals surface area contributed by atoms with Crippen LogP contribution in [0.3, 0.4) is 0 Å². The van der Waals surface area contributed by atoms with Gasteiger partial charge in [-0.2, -0.15) is 4.98 Å². The fourth-order valence-electron chi connectivity index (χ4n) is 3.76. The van der Waals surface area contributed by atoms with Crippen LogP contribution in [0, 0.1) is 13.8 Å². The van der Waals surface area contributed by atoms with Crippen molar-refractivity contribution in [3.63, 3.8) is 0 Å². The van der Waals surface area contributed by atoms with Crippen molar-refractivity contribution in [1.29, 1.82) is 0 Å². The predicted octanol–water partition coefficient (Wildman–Crippen LogP) is 3.83. The van der Waals surface area contributed by atoms with E-state index in [0.29, 0.717) is 29.4 Å². The number of nitrogens with zero attached hydrogens (tertiary/aromatic N) is 5. The number of benzene rings is 2. The second-order valence-corrected chi connectivity index (χ2v) is 8.47. The molecule has 0 bridgehead atoms. The Kier molecular flexibility index (Phi) is 6.65. The standard InChI is InChI=1S/C25H29N7O/c1-17-13-18(2)15-21(14-17)28-25-29-23-22(26-10-12-32(23)30-25)19-7-5-8-20(16-19)24(33)27-9-6-11-31(3)4/h5,7-8,10,12-16H,6,9,11H2,1-4H3,(H,27,33)(H,28,30). The van der Waals surface area contributed by atoms with E-state index >= 15 is 0 Å². The lowest BCUT2D eigenvalue weighted by atomic mass is 10.1. The number of carbonyl (C=O) groups is 1. The molecule has 0 saturated heterocycles. The molecule has 0 radical (unpaired) electrons. The number of hydrogen-bond acceptors (Lipinski definition) is 6. The van der Waals surface area contributed by atoms with Gasteiger partial charge in [-0.25, -0.2) is 4.52 Å². The van der Waals surface area contributed by atoms with Gasteiger partial charge in [0.25, 0.3) is 5.91 Å². The third-order valence-corrected chi connectivity index (χ3v) is 5.20. The van der Waals surface area contributed by atoms with Crippen molar-refractivity contribution >= 4 is 23.2 Å². The number of nitrogens with one attached hydrogen (secondary N) is 2. The molecule has 4 aromatic rings. The number of anilines is 2. The van der Waals surface area contributed by atoms with Crippen LogP contribution in [0.5, 0.6) is 0 Å². The van der Waals surface area contributed by atoms with E-state index in [1.165, 1.54) is 11.1 Å². The molecule has 0 aliphatic heterocycles. The number of rotatable bonds is 8. The first-order chi connectivity index (χ1) is 15.9. The van der Waals surface area contributed by atoms with E-state index in [0.717, 1.165) is 24.2 Å². The second-order valence-electron chi connectivity index (χ2n) is 8.47. The van der Waals surface area contributed by atoms with Gasteiger partial charge in [-0.15, -0.1) is 5.10 Å². The van der Waals surface area contributed by atoms with Gasteiger partial charge in [0.15, 0.2) is 5.65 Å². The first kappa shape index (κ1) is 22.4. The van der Waals surface area contributed by atoms with Crippen LogP contribution in [-0.4, -0.2) is 57.6 Å². The molecule has 8 nitrogen and oxygen atoms in total. The molecule has 2 heterocycles. The highest BCUT2D eigenvalue weighted by Gasteiger charge is 2.14. The van der Waals surface area contributed by atoms with Crippen LogP contribution in [0.2, 0.25) is 0 Å². The van der Waals surface area contributed by atoms with E-state index < -0.39 is 0 Å². The quantitative estimate of drug-likeness (QED) is 0.403. The molecule has 170 valence electrons. The second kappa shape index (κ2) is 9.79. The maximum absolute atomic E-state index is 12.6. The Labute approximate surface area is 193 Å². The van der Waals surface area contributed by atoms with Crippen molar-refractivity contribution in [3.8, 4) is 11.3 Å². The van der Waals surface area contributed by atoms with Crippen LogP contribution in [0.1, 0.15) is 27.9 Å². The van der Waals surface area contributed by atoms with Gasteiger partial charge in [0.2, 0.25) is 5.95 Å². The molecule has 0 saturated carbocycles. The van der Waals surface area contributed by atoms with E-state index in [1.54, 1.807) is 16.9 Å². The Morgan fingerprint density at radius 3 is 2.64 bits per heavy atom. The zero-order chi connectivity index (χ0) is 23.4. The predicted molar refractivity (Wildman–Crippen MR) is 131 cm³/mol. The lowest BCUT2D eigenvalue weighted by molar-refractivity contribution is 0.0952. The molecule has 0 fully saturated rings. The van der Waals surface area contributed by atoms with Crippen LogP contribution < -0.4 is 10.6 Å². The Hall–Kier alpha value is -3.78. The average Bonchev–Trinajstić information content (AvgIpc) is 3.18. The van der Waals surface area contributed by atoms with E-state index in [4.69, 9.17) is 0 Å². The number of carbonyl (C=O) groups excluding carboxylic acids is 1. The summed E-state index contributed by atoms with van der Waals surface area (Å²) in [6.45, 7) is 5.68.